The Morgan fingerprint density at radius 3 is 2.64 bits per heavy atom. The van der Waals surface area contributed by atoms with Crippen LogP contribution in [0, 0.1) is 5.92 Å². The minimum Gasteiger partial charge on any atom is -0.352 e. The van der Waals surface area contributed by atoms with Crippen molar-refractivity contribution in [1.82, 2.24) is 14.9 Å². The Labute approximate surface area is 200 Å². The highest BCUT2D eigenvalue weighted by Crippen LogP contribution is 2.41. The Bertz CT molecular complexity index is 1130. The Morgan fingerprint density at radius 1 is 1.15 bits per heavy atom. The van der Waals surface area contributed by atoms with Gasteiger partial charge in [0.1, 0.15) is 16.5 Å². The van der Waals surface area contributed by atoms with E-state index in [9.17, 15) is 4.79 Å². The van der Waals surface area contributed by atoms with Crippen LogP contribution in [-0.4, -0.2) is 47.0 Å². The van der Waals surface area contributed by atoms with Crippen LogP contribution in [0.4, 0.5) is 5.82 Å². The number of nitrogens with zero attached hydrogens (tertiary/aromatic N) is 4. The van der Waals surface area contributed by atoms with Crippen LogP contribution in [0.25, 0.3) is 10.2 Å². The van der Waals surface area contributed by atoms with Gasteiger partial charge >= 0.3 is 0 Å². The number of aromatic nitrogens is 2. The summed E-state index contributed by atoms with van der Waals surface area (Å²) >= 11 is 1.89. The molecule has 5 nitrogen and oxygen atoms in total. The summed E-state index contributed by atoms with van der Waals surface area (Å²) in [7, 11) is 0. The van der Waals surface area contributed by atoms with Gasteiger partial charge in [-0.1, -0.05) is 51.1 Å². The zero-order valence-corrected chi connectivity index (χ0v) is 20.8. The molecular weight excluding hydrogens is 428 g/mol. The van der Waals surface area contributed by atoms with Crippen LogP contribution in [-0.2, 0) is 24.1 Å². The second-order valence-corrected chi connectivity index (χ2v) is 10.9. The summed E-state index contributed by atoms with van der Waals surface area (Å²) in [6.45, 7) is 9.94. The maximum absolute atomic E-state index is 12.9. The predicted molar refractivity (Wildman–Crippen MR) is 136 cm³/mol. The van der Waals surface area contributed by atoms with Crippen molar-refractivity contribution in [2.24, 2.45) is 5.92 Å². The Morgan fingerprint density at radius 2 is 1.91 bits per heavy atom. The van der Waals surface area contributed by atoms with Crippen LogP contribution in [0.3, 0.4) is 0 Å². The number of thiophene rings is 1. The van der Waals surface area contributed by atoms with Crippen molar-refractivity contribution >= 4 is 33.3 Å². The minimum absolute atomic E-state index is 0.218. The van der Waals surface area contributed by atoms with E-state index in [2.05, 4.69) is 25.7 Å². The van der Waals surface area contributed by atoms with E-state index in [1.54, 1.807) is 0 Å². The smallest absolute Gasteiger partial charge is 0.227 e. The van der Waals surface area contributed by atoms with Crippen LogP contribution in [0.2, 0.25) is 0 Å². The fourth-order valence-electron chi connectivity index (χ4n) is 5.02. The number of fused-ring (bicyclic) bond motifs is 3. The number of rotatable bonds is 5. The van der Waals surface area contributed by atoms with Crippen molar-refractivity contribution in [2.75, 3.05) is 31.1 Å². The van der Waals surface area contributed by atoms with Crippen molar-refractivity contribution < 1.29 is 4.79 Å². The van der Waals surface area contributed by atoms with E-state index in [0.717, 1.165) is 73.4 Å². The lowest BCUT2D eigenvalue weighted by Crippen LogP contribution is -2.49. The SMILES string of the molecule is CC[C@H](C)c1nc(N2CCN(C(=O)Cc3ccccc3)CC2)c2c3c(sc2n1)C[C@H](C)CC3. The summed E-state index contributed by atoms with van der Waals surface area (Å²) in [4.78, 5) is 30.2. The van der Waals surface area contributed by atoms with E-state index in [4.69, 9.17) is 9.97 Å². The summed E-state index contributed by atoms with van der Waals surface area (Å²) in [5.74, 6) is 3.39. The largest absolute Gasteiger partial charge is 0.352 e. The van der Waals surface area contributed by atoms with Gasteiger partial charge in [-0.2, -0.15) is 0 Å². The summed E-state index contributed by atoms with van der Waals surface area (Å²) < 4.78 is 0. The van der Waals surface area contributed by atoms with Gasteiger partial charge in [0.2, 0.25) is 5.91 Å². The number of hydrogen-bond acceptors (Lipinski definition) is 5. The van der Waals surface area contributed by atoms with Crippen molar-refractivity contribution in [3.63, 3.8) is 0 Å². The van der Waals surface area contributed by atoms with Gasteiger partial charge < -0.3 is 9.80 Å². The highest BCUT2D eigenvalue weighted by atomic mass is 32.1. The van der Waals surface area contributed by atoms with Crippen molar-refractivity contribution in [1.29, 1.82) is 0 Å². The lowest BCUT2D eigenvalue weighted by Gasteiger charge is -2.36. The molecule has 33 heavy (non-hydrogen) atoms. The molecule has 0 bridgehead atoms. The van der Waals surface area contributed by atoms with Crippen molar-refractivity contribution in [3.05, 3.63) is 52.2 Å². The Kier molecular flexibility index (Phi) is 6.37. The first-order chi connectivity index (χ1) is 16.0. The molecule has 1 aromatic carbocycles. The number of hydrogen-bond donors (Lipinski definition) is 0. The minimum atomic E-state index is 0.218. The van der Waals surface area contributed by atoms with Crippen LogP contribution < -0.4 is 4.90 Å². The molecule has 1 fully saturated rings. The third-order valence-corrected chi connectivity index (χ3v) is 8.48. The average molecular weight is 463 g/mol. The molecule has 0 radical (unpaired) electrons. The van der Waals surface area contributed by atoms with E-state index >= 15 is 0 Å². The van der Waals surface area contributed by atoms with Crippen LogP contribution in [0.1, 0.15) is 61.4 Å². The number of amides is 1. The number of anilines is 1. The van der Waals surface area contributed by atoms with Gasteiger partial charge in [0, 0.05) is 37.0 Å². The number of aryl methyl sites for hydroxylation is 1. The second-order valence-electron chi connectivity index (χ2n) is 9.78. The predicted octanol–water partition coefficient (Wildman–Crippen LogP) is 5.22. The van der Waals surface area contributed by atoms with Crippen LogP contribution in [0.15, 0.2) is 30.3 Å². The summed E-state index contributed by atoms with van der Waals surface area (Å²) in [5, 5.41) is 1.29. The maximum atomic E-state index is 12.9. The molecule has 5 rings (SSSR count). The summed E-state index contributed by atoms with van der Waals surface area (Å²) in [5.41, 5.74) is 2.57. The first-order valence-electron chi connectivity index (χ1n) is 12.4. The zero-order valence-electron chi connectivity index (χ0n) is 20.0. The third kappa shape index (κ3) is 4.50. The first-order valence-corrected chi connectivity index (χ1v) is 13.2. The molecule has 174 valence electrons. The number of carbonyl (C=O) groups excluding carboxylic acids is 1. The van der Waals surface area contributed by atoms with E-state index in [1.165, 1.54) is 22.2 Å². The van der Waals surface area contributed by atoms with Gasteiger partial charge in [-0.05, 0) is 42.7 Å². The zero-order chi connectivity index (χ0) is 22.9. The molecule has 2 aliphatic rings. The monoisotopic (exact) mass is 462 g/mol. The molecule has 0 spiro atoms. The number of carbonyl (C=O) groups is 1. The van der Waals surface area contributed by atoms with Crippen LogP contribution >= 0.6 is 11.3 Å². The molecule has 2 aromatic heterocycles. The Balaban J connectivity index is 1.40. The molecule has 0 N–H and O–H groups in total. The van der Waals surface area contributed by atoms with E-state index in [1.807, 2.05) is 46.6 Å². The van der Waals surface area contributed by atoms with Gasteiger partial charge in [-0.25, -0.2) is 9.97 Å². The molecule has 2 atom stereocenters. The van der Waals surface area contributed by atoms with Crippen LogP contribution in [0.5, 0.6) is 0 Å². The lowest BCUT2D eigenvalue weighted by atomic mass is 9.89. The molecule has 0 saturated carbocycles. The highest BCUT2D eigenvalue weighted by Gasteiger charge is 2.29. The van der Waals surface area contributed by atoms with Crippen molar-refractivity contribution in [3.8, 4) is 0 Å². The lowest BCUT2D eigenvalue weighted by molar-refractivity contribution is -0.130. The van der Waals surface area contributed by atoms with Gasteiger partial charge in [0.15, 0.2) is 0 Å². The van der Waals surface area contributed by atoms with Gasteiger partial charge in [0.25, 0.3) is 0 Å². The molecule has 1 aliphatic carbocycles. The quantitative estimate of drug-likeness (QED) is 0.522. The molecule has 1 amide bonds. The van der Waals surface area contributed by atoms with E-state index < -0.39 is 0 Å². The molecule has 1 aliphatic heterocycles. The van der Waals surface area contributed by atoms with E-state index in [0.29, 0.717) is 12.3 Å². The fraction of sp³-hybridized carbons (Fsp3) is 0.519. The van der Waals surface area contributed by atoms with Gasteiger partial charge in [-0.3, -0.25) is 4.79 Å². The van der Waals surface area contributed by atoms with Gasteiger partial charge in [0.05, 0.1) is 11.8 Å². The molecular formula is C27H34N4OS. The number of benzene rings is 1. The highest BCUT2D eigenvalue weighted by molar-refractivity contribution is 7.19. The molecule has 3 aromatic rings. The fourth-order valence-corrected chi connectivity index (χ4v) is 6.41. The number of piperazine rings is 1. The molecule has 6 heteroatoms. The summed E-state index contributed by atoms with van der Waals surface area (Å²) in [6, 6.07) is 10.0. The maximum Gasteiger partial charge on any atom is 0.227 e. The van der Waals surface area contributed by atoms with E-state index in [-0.39, 0.29) is 5.91 Å². The second kappa shape index (κ2) is 9.41. The molecule has 0 unspecified atom stereocenters. The van der Waals surface area contributed by atoms with Gasteiger partial charge in [-0.15, -0.1) is 11.3 Å². The normalized spacial score (nSPS) is 19.5. The standard InChI is InChI=1S/C27H34N4OS/c1-4-19(3)25-28-26(24-21-11-10-18(2)16-22(21)33-27(24)29-25)31-14-12-30(13-15-31)23(32)17-20-8-6-5-7-9-20/h5-9,18-19H,4,10-17H2,1-3H3/t18-,19+/m1/s1. The average Bonchev–Trinajstić information content (AvgIpc) is 3.21. The third-order valence-electron chi connectivity index (χ3n) is 7.34. The van der Waals surface area contributed by atoms with Crippen molar-refractivity contribution in [2.45, 2.75) is 58.8 Å². The first kappa shape index (κ1) is 22.3. The molecule has 3 heterocycles. The summed E-state index contributed by atoms with van der Waals surface area (Å²) in [6.07, 6.45) is 5.05. The molecule has 1 saturated heterocycles. The topological polar surface area (TPSA) is 49.3 Å². The Hall–Kier alpha value is -2.47.